The molecule has 694 valence electrons. The summed E-state index contributed by atoms with van der Waals surface area (Å²) in [5.74, 6) is 0. The van der Waals surface area contributed by atoms with E-state index in [1.54, 1.807) is 0 Å². The van der Waals surface area contributed by atoms with E-state index in [9.17, 15) is 0 Å². The molecule has 8 heterocycles. The molecule has 0 spiro atoms. The molecule has 0 N–H and O–H groups in total. The van der Waals surface area contributed by atoms with Crippen molar-refractivity contribution in [3.8, 4) is 56.1 Å². The van der Waals surface area contributed by atoms with Gasteiger partial charge < -0.3 is 32.0 Å². The van der Waals surface area contributed by atoms with Gasteiger partial charge in [-0.15, -0.1) is 22.7 Å². The van der Waals surface area contributed by atoms with E-state index in [-0.39, 0.29) is 0 Å². The van der Waals surface area contributed by atoms with Gasteiger partial charge in [-0.25, -0.2) is 0 Å². The van der Waals surface area contributed by atoms with Gasteiger partial charge in [0.25, 0.3) is 0 Å². The second-order valence-corrected chi connectivity index (χ2v) is 41.3. The minimum absolute atomic E-state index is 0.921. The topological polar surface area (TPSA) is 49.2 Å². The quantitative estimate of drug-likeness (QED) is 0.128. The molecule has 0 aliphatic heterocycles. The summed E-state index contributed by atoms with van der Waals surface area (Å²) in [5.41, 5.74) is 27.5. The zero-order valence-electron chi connectivity index (χ0n) is 80.4. The number of furan rings is 2. The predicted octanol–water partition coefficient (Wildman–Crippen LogP) is 40.2. The van der Waals surface area contributed by atoms with Gasteiger partial charge in [-0.2, -0.15) is 0 Å². The molecule has 7 nitrogen and oxygen atoms in total. The molecule has 0 aliphatic rings. The predicted molar refractivity (Wildman–Crippen MR) is 636 cm³/mol. The van der Waals surface area contributed by atoms with Crippen molar-refractivity contribution in [2.45, 2.75) is 0 Å². The third kappa shape index (κ3) is 13.4. The minimum atomic E-state index is 0.921. The van der Waals surface area contributed by atoms with Gasteiger partial charge in [-0.1, -0.05) is 285 Å². The Morgan fingerprint density at radius 1 is 0.174 bits per heavy atom. The number of fused-ring (bicyclic) bond motifs is 33. The maximum absolute atomic E-state index is 6.40. The number of anilines is 3. The molecular formula is C140H85N5O2S2. The van der Waals surface area contributed by atoms with Crippen LogP contribution in [0, 0.1) is 0 Å². The fraction of sp³-hybridized carbons (Fsp3) is 0. The fourth-order valence-electron chi connectivity index (χ4n) is 24.3. The minimum Gasteiger partial charge on any atom is -0.456 e. The highest BCUT2D eigenvalue weighted by molar-refractivity contribution is 7.27. The molecule has 25 aromatic carbocycles. The third-order valence-electron chi connectivity index (χ3n) is 31.0. The summed E-state index contributed by atoms with van der Waals surface area (Å²) in [6, 6.07) is 185. The highest BCUT2D eigenvalue weighted by Crippen LogP contribution is 2.53. The summed E-state index contributed by atoms with van der Waals surface area (Å²) >= 11 is 3.79. The standard InChI is InChI=1S/C52H33N3.C44H25NOS.C44H27NOS/c1-4-14-37(15-5-1)53-27-26-35-28-36-30-42(34-24-25-50-46(29-34)40-20-10-12-22-48(40)54(50)38-16-6-2-7-17-38)44-31-47-41-21-11-13-23-49(41)55(39-18-8-3-9-19-39)52(47)33-45(44)43(36)32-51(35)53;1-2-10-28(11-3-1)45-38-15-7-4-12-29(38)36-22-26(18-21-39(36)45)34-23-27-24-41-37(30-13-5-8-16-40(30)46-41)25-35(27)43-32(34)19-20-33-31-14-6-9-17-42(31)47-44(33)43;1-3-11-30(12-4-1)45(31-13-5-2-6-14-31)32-21-19-28(20-22-32)37-25-29-26-41-39(33-15-7-9-17-40(33)46-41)27-38(29)43-35(37)23-24-36-34-16-8-10-18-42(34)47-44(36)43/h1-33H;1-25H;1-27H. The van der Waals surface area contributed by atoms with E-state index < -0.39 is 0 Å². The first-order valence-electron chi connectivity index (χ1n) is 50.9. The average molecular weight is 1930 g/mol. The number of hydrogen-bond acceptors (Lipinski definition) is 5. The fourth-order valence-corrected chi connectivity index (χ4v) is 26.8. The van der Waals surface area contributed by atoms with Crippen LogP contribution in [0.15, 0.2) is 525 Å². The molecule has 0 amide bonds. The Bertz CT molecular complexity index is 11300. The number of aromatic nitrogens is 4. The van der Waals surface area contributed by atoms with E-state index in [1.807, 2.05) is 34.8 Å². The molecule has 0 aliphatic carbocycles. The Morgan fingerprint density at radius 2 is 0.523 bits per heavy atom. The number of rotatable bonds is 10. The molecule has 0 saturated carbocycles. The number of nitrogens with zero attached hydrogens (tertiary/aromatic N) is 5. The van der Waals surface area contributed by atoms with Crippen LogP contribution in [0.3, 0.4) is 0 Å². The van der Waals surface area contributed by atoms with Gasteiger partial charge in [0.1, 0.15) is 22.3 Å². The van der Waals surface area contributed by atoms with E-state index >= 15 is 0 Å². The Kier molecular flexibility index (Phi) is 19.1. The number of para-hydroxylation sites is 11. The summed E-state index contributed by atoms with van der Waals surface area (Å²) in [5, 5.41) is 33.7. The average Bonchev–Trinajstić information content (AvgIpc) is 1.59. The SMILES string of the molecule is c1ccc(-n2c3ccccc3c3cc(-c4cc5cc6oc7ccccc7c6cc5c5c4ccc4c6ccccc6sc45)ccc32)cc1.c1ccc(-n2ccc3cc4cc(-c5ccc6c(c5)c5ccccc5n6-c5ccccc5)c5cc6c7ccccc7n(-c7ccccc7)c6cc5c4cc32)cc1.c1ccc(N(c2ccccc2)c2ccc(-c3cc4cc5oc6ccccc6c5cc4c4c3ccc3c5ccccc5sc34)cc2)cc1. The lowest BCUT2D eigenvalue weighted by molar-refractivity contribution is 0.669. The van der Waals surface area contributed by atoms with Gasteiger partial charge >= 0.3 is 0 Å². The Morgan fingerprint density at radius 3 is 1.00 bits per heavy atom. The normalized spacial score (nSPS) is 12.0. The van der Waals surface area contributed by atoms with E-state index in [1.165, 1.54) is 226 Å². The molecule has 0 bridgehead atoms. The highest BCUT2D eigenvalue weighted by atomic mass is 32.1. The molecule has 0 radical (unpaired) electrons. The summed E-state index contributed by atoms with van der Waals surface area (Å²) in [6.07, 6.45) is 2.20. The molecule has 9 heteroatoms. The second-order valence-electron chi connectivity index (χ2n) is 39.2. The zero-order valence-corrected chi connectivity index (χ0v) is 82.1. The van der Waals surface area contributed by atoms with Crippen LogP contribution in [0.1, 0.15) is 0 Å². The Balaban J connectivity index is 0.000000101. The van der Waals surface area contributed by atoms with Gasteiger partial charge in [-0.05, 0) is 312 Å². The van der Waals surface area contributed by atoms with Crippen LogP contribution in [0.2, 0.25) is 0 Å². The molecule has 33 aromatic rings. The smallest absolute Gasteiger partial charge is 0.136 e. The molecule has 0 fully saturated rings. The van der Waals surface area contributed by atoms with Crippen molar-refractivity contribution < 1.29 is 8.83 Å². The lowest BCUT2D eigenvalue weighted by Crippen LogP contribution is -2.09. The molecule has 33 rings (SSSR count). The maximum atomic E-state index is 6.40. The Hall–Kier alpha value is -19.2. The molecule has 0 atom stereocenters. The number of benzene rings is 25. The first-order chi connectivity index (χ1) is 73.9. The first kappa shape index (κ1) is 84.4. The van der Waals surface area contributed by atoms with Crippen molar-refractivity contribution in [3.05, 3.63) is 516 Å². The summed E-state index contributed by atoms with van der Waals surface area (Å²) in [6.45, 7) is 0. The Labute approximate surface area is 862 Å². The largest absolute Gasteiger partial charge is 0.456 e. The van der Waals surface area contributed by atoms with Gasteiger partial charge in [0.2, 0.25) is 0 Å². The van der Waals surface area contributed by atoms with Crippen molar-refractivity contribution in [2.75, 3.05) is 4.90 Å². The van der Waals surface area contributed by atoms with Crippen LogP contribution < -0.4 is 4.90 Å². The van der Waals surface area contributed by atoms with Gasteiger partial charge in [-0.3, -0.25) is 0 Å². The summed E-state index contributed by atoms with van der Waals surface area (Å²) in [4.78, 5) is 2.31. The monoisotopic (exact) mass is 1930 g/mol. The maximum Gasteiger partial charge on any atom is 0.136 e. The van der Waals surface area contributed by atoms with Crippen LogP contribution in [-0.2, 0) is 0 Å². The van der Waals surface area contributed by atoms with Crippen LogP contribution in [0.4, 0.5) is 17.1 Å². The molecule has 149 heavy (non-hydrogen) atoms. The number of hydrogen-bond donors (Lipinski definition) is 0. The van der Waals surface area contributed by atoms with Crippen LogP contribution >= 0.6 is 22.7 Å². The van der Waals surface area contributed by atoms with Gasteiger partial charge in [0.15, 0.2) is 0 Å². The van der Waals surface area contributed by atoms with Gasteiger partial charge in [0, 0.05) is 156 Å². The highest BCUT2D eigenvalue weighted by Gasteiger charge is 2.27. The van der Waals surface area contributed by atoms with Crippen LogP contribution in [0.5, 0.6) is 0 Å². The lowest BCUT2D eigenvalue weighted by Gasteiger charge is -2.25. The second kappa shape index (κ2) is 33.7. The van der Waals surface area contributed by atoms with Crippen molar-refractivity contribution in [1.29, 1.82) is 0 Å². The third-order valence-corrected chi connectivity index (χ3v) is 33.4. The van der Waals surface area contributed by atoms with E-state index in [4.69, 9.17) is 8.83 Å². The van der Waals surface area contributed by atoms with Crippen LogP contribution in [0.25, 0.3) is 281 Å². The van der Waals surface area contributed by atoms with Crippen molar-refractivity contribution in [3.63, 3.8) is 0 Å². The van der Waals surface area contributed by atoms with Gasteiger partial charge in [0.05, 0.1) is 38.6 Å². The summed E-state index contributed by atoms with van der Waals surface area (Å²) < 4.78 is 27.6. The van der Waals surface area contributed by atoms with Crippen molar-refractivity contribution >= 4 is 265 Å². The first-order valence-corrected chi connectivity index (χ1v) is 52.5. The molecule has 0 unspecified atom stereocenters. The van der Waals surface area contributed by atoms with Crippen molar-refractivity contribution in [1.82, 2.24) is 18.3 Å². The molecule has 0 saturated heterocycles. The van der Waals surface area contributed by atoms with Crippen molar-refractivity contribution in [2.24, 2.45) is 0 Å². The zero-order chi connectivity index (χ0) is 97.6. The van der Waals surface area contributed by atoms with E-state index in [0.29, 0.717) is 0 Å². The molecule has 8 aromatic heterocycles. The van der Waals surface area contributed by atoms with E-state index in [0.717, 1.165) is 72.3 Å². The van der Waals surface area contributed by atoms with Crippen LogP contribution in [-0.4, -0.2) is 18.3 Å². The van der Waals surface area contributed by atoms with E-state index in [2.05, 4.69) is 527 Å². The number of thiophene rings is 2. The summed E-state index contributed by atoms with van der Waals surface area (Å²) in [7, 11) is 0. The lowest BCUT2D eigenvalue weighted by atomic mass is 9.91. The molecular weight excluding hydrogens is 1850 g/mol.